The minimum Gasteiger partial charge on any atom is -0.486 e. The zero-order chi connectivity index (χ0) is 14.1. The zero-order valence-corrected chi connectivity index (χ0v) is 12.7. The van der Waals surface area contributed by atoms with E-state index in [1.54, 1.807) is 0 Å². The van der Waals surface area contributed by atoms with Crippen molar-refractivity contribution in [3.05, 3.63) is 23.8 Å². The van der Waals surface area contributed by atoms with Crippen molar-refractivity contribution in [2.75, 3.05) is 26.3 Å². The highest BCUT2D eigenvalue weighted by molar-refractivity contribution is 5.44. The number of rotatable bonds is 3. The van der Waals surface area contributed by atoms with Gasteiger partial charge in [0.05, 0.1) is 0 Å². The second kappa shape index (κ2) is 5.88. The summed E-state index contributed by atoms with van der Waals surface area (Å²) in [5.74, 6) is 2.78. The largest absolute Gasteiger partial charge is 0.486 e. The van der Waals surface area contributed by atoms with Gasteiger partial charge in [-0.2, -0.15) is 0 Å². The quantitative estimate of drug-likeness (QED) is 0.844. The van der Waals surface area contributed by atoms with Gasteiger partial charge in [-0.05, 0) is 55.8 Å². The Hall–Kier alpha value is -1.22. The standard InChI is InChI=1S/C18H25NO2/c1-2-5-14(4-1)13-19-9-3-6-16(19)15-7-8-17-18(12-15)21-11-10-20-17/h7-8,12,14,16H,1-6,9-11,13H2/t16-/m1/s1. The third kappa shape index (κ3) is 2.76. The number of ether oxygens (including phenoxy) is 2. The van der Waals surface area contributed by atoms with Gasteiger partial charge < -0.3 is 9.47 Å². The molecular formula is C18H25NO2. The summed E-state index contributed by atoms with van der Waals surface area (Å²) in [6.07, 6.45) is 8.35. The summed E-state index contributed by atoms with van der Waals surface area (Å²) in [5.41, 5.74) is 1.41. The molecule has 3 heteroatoms. The maximum atomic E-state index is 5.75. The monoisotopic (exact) mass is 287 g/mol. The van der Waals surface area contributed by atoms with Crippen LogP contribution in [-0.4, -0.2) is 31.2 Å². The van der Waals surface area contributed by atoms with Crippen molar-refractivity contribution in [1.29, 1.82) is 0 Å². The molecule has 3 aliphatic rings. The van der Waals surface area contributed by atoms with Crippen molar-refractivity contribution in [2.45, 2.75) is 44.6 Å². The van der Waals surface area contributed by atoms with Crippen LogP contribution < -0.4 is 9.47 Å². The Balaban J connectivity index is 1.51. The molecule has 114 valence electrons. The Morgan fingerprint density at radius 3 is 2.62 bits per heavy atom. The number of fused-ring (bicyclic) bond motifs is 1. The molecule has 1 aromatic rings. The highest BCUT2D eigenvalue weighted by atomic mass is 16.6. The topological polar surface area (TPSA) is 21.7 Å². The summed E-state index contributed by atoms with van der Waals surface area (Å²) in [7, 11) is 0. The number of hydrogen-bond acceptors (Lipinski definition) is 3. The molecular weight excluding hydrogens is 262 g/mol. The van der Waals surface area contributed by atoms with Crippen LogP contribution in [0.25, 0.3) is 0 Å². The predicted molar refractivity (Wildman–Crippen MR) is 82.9 cm³/mol. The molecule has 0 spiro atoms. The average molecular weight is 287 g/mol. The molecule has 1 aliphatic carbocycles. The Morgan fingerprint density at radius 2 is 1.76 bits per heavy atom. The second-order valence-electron chi connectivity index (χ2n) is 6.71. The second-order valence-corrected chi connectivity index (χ2v) is 6.71. The smallest absolute Gasteiger partial charge is 0.161 e. The van der Waals surface area contributed by atoms with Gasteiger partial charge in [0.1, 0.15) is 13.2 Å². The van der Waals surface area contributed by atoms with Crippen LogP contribution in [0.15, 0.2) is 18.2 Å². The van der Waals surface area contributed by atoms with Crippen LogP contribution in [0.5, 0.6) is 11.5 Å². The third-order valence-electron chi connectivity index (χ3n) is 5.28. The molecule has 1 saturated carbocycles. The van der Waals surface area contributed by atoms with Gasteiger partial charge >= 0.3 is 0 Å². The van der Waals surface area contributed by atoms with E-state index < -0.39 is 0 Å². The average Bonchev–Trinajstić information content (AvgIpc) is 3.19. The van der Waals surface area contributed by atoms with Crippen LogP contribution >= 0.6 is 0 Å². The third-order valence-corrected chi connectivity index (χ3v) is 5.28. The molecule has 1 atom stereocenters. The van der Waals surface area contributed by atoms with E-state index in [-0.39, 0.29) is 0 Å². The van der Waals surface area contributed by atoms with E-state index in [0.29, 0.717) is 19.3 Å². The fraction of sp³-hybridized carbons (Fsp3) is 0.667. The van der Waals surface area contributed by atoms with Gasteiger partial charge in [-0.1, -0.05) is 18.9 Å². The van der Waals surface area contributed by atoms with Gasteiger partial charge in [-0.3, -0.25) is 4.90 Å². The van der Waals surface area contributed by atoms with E-state index in [9.17, 15) is 0 Å². The lowest BCUT2D eigenvalue weighted by Crippen LogP contribution is -2.28. The van der Waals surface area contributed by atoms with Crippen LogP contribution in [0.2, 0.25) is 0 Å². The molecule has 0 aromatic heterocycles. The summed E-state index contributed by atoms with van der Waals surface area (Å²) in [5, 5.41) is 0. The fourth-order valence-electron chi connectivity index (χ4n) is 4.21. The van der Waals surface area contributed by atoms with Crippen molar-refractivity contribution < 1.29 is 9.47 Å². The molecule has 4 rings (SSSR count). The molecule has 0 N–H and O–H groups in total. The summed E-state index contributed by atoms with van der Waals surface area (Å²) in [6.45, 7) is 3.89. The minimum atomic E-state index is 0.585. The summed E-state index contributed by atoms with van der Waals surface area (Å²) in [4.78, 5) is 2.71. The number of hydrogen-bond donors (Lipinski definition) is 0. The Morgan fingerprint density at radius 1 is 0.952 bits per heavy atom. The van der Waals surface area contributed by atoms with Crippen LogP contribution in [0.1, 0.15) is 50.1 Å². The normalized spacial score (nSPS) is 26.4. The van der Waals surface area contributed by atoms with E-state index in [2.05, 4.69) is 23.1 Å². The molecule has 1 saturated heterocycles. The summed E-state index contributed by atoms with van der Waals surface area (Å²) >= 11 is 0. The number of nitrogens with zero attached hydrogens (tertiary/aromatic N) is 1. The van der Waals surface area contributed by atoms with Gasteiger partial charge in [-0.15, -0.1) is 0 Å². The minimum absolute atomic E-state index is 0.585. The Kier molecular flexibility index (Phi) is 3.76. The number of likely N-dealkylation sites (tertiary alicyclic amines) is 1. The molecule has 0 bridgehead atoms. The zero-order valence-electron chi connectivity index (χ0n) is 12.7. The summed E-state index contributed by atoms with van der Waals surface area (Å²) in [6, 6.07) is 7.13. The Labute approximate surface area is 127 Å². The molecule has 2 heterocycles. The predicted octanol–water partition coefficient (Wildman–Crippen LogP) is 3.78. The van der Waals surface area contributed by atoms with E-state index in [0.717, 1.165) is 17.4 Å². The molecule has 0 unspecified atom stereocenters. The van der Waals surface area contributed by atoms with E-state index in [4.69, 9.17) is 9.47 Å². The van der Waals surface area contributed by atoms with Crippen LogP contribution in [0, 0.1) is 5.92 Å². The number of benzene rings is 1. The van der Waals surface area contributed by atoms with Gasteiger partial charge in [0.25, 0.3) is 0 Å². The molecule has 0 amide bonds. The first-order valence-corrected chi connectivity index (χ1v) is 8.54. The first-order chi connectivity index (χ1) is 10.4. The van der Waals surface area contributed by atoms with E-state index >= 15 is 0 Å². The van der Waals surface area contributed by atoms with Gasteiger partial charge in [0, 0.05) is 12.6 Å². The molecule has 2 fully saturated rings. The maximum absolute atomic E-state index is 5.75. The highest BCUT2D eigenvalue weighted by Crippen LogP contribution is 2.39. The van der Waals surface area contributed by atoms with Crippen molar-refractivity contribution in [3.63, 3.8) is 0 Å². The molecule has 3 nitrogen and oxygen atoms in total. The fourth-order valence-corrected chi connectivity index (χ4v) is 4.21. The first kappa shape index (κ1) is 13.4. The maximum Gasteiger partial charge on any atom is 0.161 e. The van der Waals surface area contributed by atoms with Crippen molar-refractivity contribution in [1.82, 2.24) is 4.90 Å². The van der Waals surface area contributed by atoms with Crippen LogP contribution in [-0.2, 0) is 0 Å². The molecule has 1 aromatic carbocycles. The molecule has 21 heavy (non-hydrogen) atoms. The van der Waals surface area contributed by atoms with Crippen LogP contribution in [0.4, 0.5) is 0 Å². The van der Waals surface area contributed by atoms with Crippen molar-refractivity contribution in [2.24, 2.45) is 5.92 Å². The van der Waals surface area contributed by atoms with Gasteiger partial charge in [0.2, 0.25) is 0 Å². The lowest BCUT2D eigenvalue weighted by Gasteiger charge is -2.28. The summed E-state index contributed by atoms with van der Waals surface area (Å²) < 4.78 is 11.4. The Bertz CT molecular complexity index is 496. The lowest BCUT2D eigenvalue weighted by molar-refractivity contribution is 0.170. The van der Waals surface area contributed by atoms with E-state index in [1.807, 2.05) is 0 Å². The molecule has 0 radical (unpaired) electrons. The first-order valence-electron chi connectivity index (χ1n) is 8.54. The van der Waals surface area contributed by atoms with Crippen molar-refractivity contribution >= 4 is 0 Å². The van der Waals surface area contributed by atoms with Gasteiger partial charge in [0.15, 0.2) is 11.5 Å². The highest BCUT2D eigenvalue weighted by Gasteiger charge is 2.29. The molecule has 2 aliphatic heterocycles. The lowest BCUT2D eigenvalue weighted by atomic mass is 10.0. The SMILES string of the molecule is c1cc2c(cc1[C@H]1CCCN1CC1CCCC1)OCCO2. The van der Waals surface area contributed by atoms with Crippen molar-refractivity contribution in [3.8, 4) is 11.5 Å². The van der Waals surface area contributed by atoms with Gasteiger partial charge in [-0.25, -0.2) is 0 Å². The van der Waals surface area contributed by atoms with E-state index in [1.165, 1.54) is 57.2 Å². The van der Waals surface area contributed by atoms with Crippen LogP contribution in [0.3, 0.4) is 0 Å².